The average Bonchev–Trinajstić information content (AvgIpc) is 2.38. The van der Waals surface area contributed by atoms with E-state index in [9.17, 15) is 24.5 Å². The zero-order valence-corrected chi connectivity index (χ0v) is 11.5. The van der Waals surface area contributed by atoms with Crippen molar-refractivity contribution >= 4 is 30.3 Å². The molecule has 0 fully saturated rings. The molecule has 0 unspecified atom stereocenters. The fourth-order valence-corrected chi connectivity index (χ4v) is 2.31. The highest BCUT2D eigenvalue weighted by Crippen LogP contribution is 2.28. The number of aromatic amines is 1. The molecule has 0 aliphatic heterocycles. The molecule has 0 saturated heterocycles. The molecule has 0 aliphatic carbocycles. The predicted octanol–water partition coefficient (Wildman–Crippen LogP) is 1.31. The Bertz CT molecular complexity index is 836. The minimum Gasteiger partial charge on any atom is -0.316 e. The molecule has 9 heteroatoms. The molecule has 2 rings (SSSR count). The van der Waals surface area contributed by atoms with Gasteiger partial charge in [0.25, 0.3) is 11.3 Å². The summed E-state index contributed by atoms with van der Waals surface area (Å²) in [6.07, 6.45) is 0. The summed E-state index contributed by atoms with van der Waals surface area (Å²) in [5.74, 6) is 0. The number of nitrogens with zero attached hydrogens (tertiary/aromatic N) is 2. The van der Waals surface area contributed by atoms with E-state index in [2.05, 4.69) is 4.98 Å². The fourth-order valence-electron chi connectivity index (χ4n) is 1.71. The van der Waals surface area contributed by atoms with Crippen molar-refractivity contribution in [2.75, 3.05) is 13.3 Å². The zero-order valence-electron chi connectivity index (χ0n) is 10.6. The van der Waals surface area contributed by atoms with Crippen LogP contribution in [0.1, 0.15) is 0 Å². The number of carbonyl (C=O) groups excluding carboxylic acids is 1. The summed E-state index contributed by atoms with van der Waals surface area (Å²) in [6.45, 7) is 3.31. The fraction of sp³-hybridized carbons (Fsp3) is 0.182. The number of rotatable bonds is 2. The molecule has 0 saturated carbocycles. The van der Waals surface area contributed by atoms with Crippen molar-refractivity contribution in [2.24, 2.45) is 0 Å². The second-order valence-electron chi connectivity index (χ2n) is 4.23. The molecule has 1 heterocycles. The number of H-pyrrole nitrogens is 1. The third-order valence-corrected chi connectivity index (χ3v) is 3.62. The van der Waals surface area contributed by atoms with Crippen LogP contribution in [0.25, 0.3) is 11.0 Å². The summed E-state index contributed by atoms with van der Waals surface area (Å²) >= 11 is 0. The Morgan fingerprint density at radius 1 is 1.35 bits per heavy atom. The van der Waals surface area contributed by atoms with Crippen molar-refractivity contribution < 1.29 is 9.72 Å². The third kappa shape index (κ3) is 2.25. The highest BCUT2D eigenvalue weighted by atomic mass is 31.1. The maximum absolute atomic E-state index is 12.1. The van der Waals surface area contributed by atoms with Gasteiger partial charge in [0.15, 0.2) is 0 Å². The molecular formula is C11H10N3O5P. The molecule has 0 spiro atoms. The summed E-state index contributed by atoms with van der Waals surface area (Å²) in [7, 11) is -1.12. The van der Waals surface area contributed by atoms with Crippen molar-refractivity contribution in [1.82, 2.24) is 9.55 Å². The lowest BCUT2D eigenvalue weighted by Gasteiger charge is -2.10. The van der Waals surface area contributed by atoms with Crippen LogP contribution < -0.4 is 11.1 Å². The van der Waals surface area contributed by atoms with E-state index < -0.39 is 29.6 Å². The van der Waals surface area contributed by atoms with Crippen LogP contribution in [-0.2, 0) is 0 Å². The Balaban J connectivity index is 2.89. The number of non-ortho nitro benzene ring substituents is 1. The Kier molecular flexibility index (Phi) is 3.50. The van der Waals surface area contributed by atoms with Crippen LogP contribution in [0.2, 0.25) is 0 Å². The molecule has 0 bridgehead atoms. The first kappa shape index (κ1) is 14.1. The van der Waals surface area contributed by atoms with Gasteiger partial charge >= 0.3 is 11.1 Å². The molecule has 104 valence electrons. The van der Waals surface area contributed by atoms with Gasteiger partial charge in [-0.1, -0.05) is 0 Å². The van der Waals surface area contributed by atoms with Crippen molar-refractivity contribution in [3.05, 3.63) is 49.0 Å². The quantitative estimate of drug-likeness (QED) is 0.388. The van der Waals surface area contributed by atoms with Crippen LogP contribution in [0.5, 0.6) is 0 Å². The number of hydrogen-bond donors (Lipinski definition) is 1. The van der Waals surface area contributed by atoms with Gasteiger partial charge in [-0.2, -0.15) is 0 Å². The molecule has 1 aromatic heterocycles. The standard InChI is InChI=1S/C11H10N3O5P/c1-20(2)11(17)13-8-4-3-6(14(18)19)5-7(8)12-9(15)10(13)16/h3-5H,1-2H3,(H,12,15). The highest BCUT2D eigenvalue weighted by molar-refractivity contribution is 7.73. The van der Waals surface area contributed by atoms with Crippen molar-refractivity contribution in [1.29, 1.82) is 0 Å². The minimum absolute atomic E-state index is 0.0778. The number of benzene rings is 1. The van der Waals surface area contributed by atoms with Gasteiger partial charge in [0.05, 0.1) is 16.0 Å². The molecule has 0 aliphatic rings. The Labute approximate surface area is 112 Å². The number of nitro benzene ring substituents is 1. The zero-order chi connectivity index (χ0) is 15.0. The maximum Gasteiger partial charge on any atom is 0.323 e. The van der Waals surface area contributed by atoms with E-state index in [0.717, 1.165) is 10.6 Å². The van der Waals surface area contributed by atoms with Gasteiger partial charge < -0.3 is 4.98 Å². The first-order valence-electron chi connectivity index (χ1n) is 5.48. The van der Waals surface area contributed by atoms with Crippen LogP contribution >= 0.6 is 7.92 Å². The van der Waals surface area contributed by atoms with E-state index in [1.54, 1.807) is 13.3 Å². The second kappa shape index (κ2) is 4.97. The highest BCUT2D eigenvalue weighted by Gasteiger charge is 2.18. The van der Waals surface area contributed by atoms with E-state index in [4.69, 9.17) is 0 Å². The van der Waals surface area contributed by atoms with Gasteiger partial charge in [-0.15, -0.1) is 0 Å². The first-order valence-corrected chi connectivity index (χ1v) is 7.71. The lowest BCUT2D eigenvalue weighted by atomic mass is 10.2. The maximum atomic E-state index is 12.1. The Morgan fingerprint density at radius 3 is 2.55 bits per heavy atom. The summed E-state index contributed by atoms with van der Waals surface area (Å²) in [4.78, 5) is 47.8. The van der Waals surface area contributed by atoms with Crippen molar-refractivity contribution in [3.63, 3.8) is 0 Å². The summed E-state index contributed by atoms with van der Waals surface area (Å²) in [6, 6.07) is 3.58. The minimum atomic E-state index is -1.12. The molecule has 0 atom stereocenters. The smallest absolute Gasteiger partial charge is 0.316 e. The van der Waals surface area contributed by atoms with E-state index in [1.165, 1.54) is 12.1 Å². The molecular weight excluding hydrogens is 285 g/mol. The topological polar surface area (TPSA) is 115 Å². The SMILES string of the molecule is CP(C)C(=O)n1c(=O)c(=O)[nH]c2cc([N+](=O)[O-])ccc21. The number of carbonyl (C=O) groups is 1. The lowest BCUT2D eigenvalue weighted by Crippen LogP contribution is -2.38. The summed E-state index contributed by atoms with van der Waals surface area (Å²) in [5, 5.41) is 10.7. The number of nitro groups is 1. The van der Waals surface area contributed by atoms with Gasteiger partial charge in [0.2, 0.25) is 0 Å². The third-order valence-electron chi connectivity index (χ3n) is 2.65. The molecule has 0 amide bonds. The molecule has 2 aromatic rings. The van der Waals surface area contributed by atoms with Crippen molar-refractivity contribution in [3.8, 4) is 0 Å². The molecule has 1 aromatic carbocycles. The first-order chi connectivity index (χ1) is 9.32. The monoisotopic (exact) mass is 295 g/mol. The Morgan fingerprint density at radius 2 is 2.00 bits per heavy atom. The van der Waals surface area contributed by atoms with Crippen LogP contribution in [0, 0.1) is 10.1 Å². The molecule has 8 nitrogen and oxygen atoms in total. The largest absolute Gasteiger partial charge is 0.323 e. The number of hydrogen-bond acceptors (Lipinski definition) is 5. The second-order valence-corrected chi connectivity index (χ2v) is 6.40. The van der Waals surface area contributed by atoms with Gasteiger partial charge in [-0.05, 0) is 27.3 Å². The number of aromatic nitrogens is 2. The van der Waals surface area contributed by atoms with Gasteiger partial charge in [-0.3, -0.25) is 24.5 Å². The van der Waals surface area contributed by atoms with Crippen molar-refractivity contribution in [2.45, 2.75) is 0 Å². The predicted molar refractivity (Wildman–Crippen MR) is 75.0 cm³/mol. The lowest BCUT2D eigenvalue weighted by molar-refractivity contribution is -0.384. The van der Waals surface area contributed by atoms with Crippen LogP contribution in [0.3, 0.4) is 0 Å². The van der Waals surface area contributed by atoms with E-state index >= 15 is 0 Å². The van der Waals surface area contributed by atoms with Gasteiger partial charge in [0.1, 0.15) is 0 Å². The van der Waals surface area contributed by atoms with E-state index in [0.29, 0.717) is 0 Å². The molecule has 0 radical (unpaired) electrons. The summed E-state index contributed by atoms with van der Waals surface area (Å²) in [5.41, 5.74) is -2.44. The molecule has 1 N–H and O–H groups in total. The van der Waals surface area contributed by atoms with Gasteiger partial charge in [-0.25, -0.2) is 4.57 Å². The van der Waals surface area contributed by atoms with E-state index in [-0.39, 0.29) is 16.7 Å². The normalized spacial score (nSPS) is 10.9. The van der Waals surface area contributed by atoms with E-state index in [1.807, 2.05) is 0 Å². The average molecular weight is 295 g/mol. The van der Waals surface area contributed by atoms with Gasteiger partial charge in [0, 0.05) is 12.1 Å². The van der Waals surface area contributed by atoms with Crippen LogP contribution in [0.4, 0.5) is 10.5 Å². The number of fused-ring (bicyclic) bond motifs is 1. The van der Waals surface area contributed by atoms with Crippen LogP contribution in [0.15, 0.2) is 27.8 Å². The summed E-state index contributed by atoms with van der Waals surface area (Å²) < 4.78 is 0.781. The Hall–Kier alpha value is -2.34. The molecule has 20 heavy (non-hydrogen) atoms. The number of nitrogens with one attached hydrogen (secondary N) is 1. The van der Waals surface area contributed by atoms with Crippen LogP contribution in [-0.4, -0.2) is 33.5 Å².